The van der Waals surface area contributed by atoms with Gasteiger partial charge in [-0.2, -0.15) is 0 Å². The highest BCUT2D eigenvalue weighted by Gasteiger charge is 2.21. The Kier molecular flexibility index (Phi) is 8.89. The summed E-state index contributed by atoms with van der Waals surface area (Å²) < 4.78 is 5.86. The van der Waals surface area contributed by atoms with E-state index in [1.165, 1.54) is 63.0 Å². The van der Waals surface area contributed by atoms with Gasteiger partial charge in [0.25, 0.3) is 0 Å². The first-order valence-corrected chi connectivity index (χ1v) is 15.2. The van der Waals surface area contributed by atoms with Crippen LogP contribution in [0.5, 0.6) is 5.75 Å². The van der Waals surface area contributed by atoms with Crippen molar-refractivity contribution in [3.05, 3.63) is 29.8 Å². The van der Waals surface area contributed by atoms with Gasteiger partial charge in [0, 0.05) is 0 Å². The van der Waals surface area contributed by atoms with Gasteiger partial charge >= 0.3 is 0 Å². The van der Waals surface area contributed by atoms with E-state index in [1.807, 2.05) is 0 Å². The van der Waals surface area contributed by atoms with Crippen LogP contribution in [-0.4, -0.2) is 13.6 Å². The van der Waals surface area contributed by atoms with E-state index in [0.29, 0.717) is 0 Å². The minimum Gasteiger partial charge on any atom is -0.494 e. The van der Waals surface area contributed by atoms with Crippen LogP contribution < -0.4 is 4.74 Å². The van der Waals surface area contributed by atoms with Crippen molar-refractivity contribution < 1.29 is 4.74 Å². The Hall–Kier alpha value is -0.0331. The third kappa shape index (κ3) is 6.23. The zero-order valence-electron chi connectivity index (χ0n) is 14.0. The zero-order valence-corrected chi connectivity index (χ0v) is 17.6. The van der Waals surface area contributed by atoms with Gasteiger partial charge in [0.2, 0.25) is 0 Å². The van der Waals surface area contributed by atoms with Crippen molar-refractivity contribution >= 4 is 28.8 Å². The molecule has 0 amide bonds. The molecule has 0 atom stereocenters. The largest absolute Gasteiger partial charge is 0.494 e. The molecule has 0 heterocycles. The smallest absolute Gasteiger partial charge is 0.119 e. The van der Waals surface area contributed by atoms with Gasteiger partial charge < -0.3 is 4.74 Å². The lowest BCUT2D eigenvalue weighted by molar-refractivity contribution is 0.304. The van der Waals surface area contributed by atoms with E-state index < -0.39 is 0 Å². The first-order valence-electron chi connectivity index (χ1n) is 9.12. The van der Waals surface area contributed by atoms with Crippen LogP contribution in [0, 0.1) is 5.92 Å². The third-order valence-electron chi connectivity index (χ3n) is 4.94. The molecule has 124 valence electrons. The number of rotatable bonds is 9. The van der Waals surface area contributed by atoms with Crippen LogP contribution in [0.4, 0.5) is 0 Å². The summed E-state index contributed by atoms with van der Waals surface area (Å²) in [5, 5.41) is 0. The van der Waals surface area contributed by atoms with Gasteiger partial charge in [0.1, 0.15) is 5.75 Å². The Morgan fingerprint density at radius 3 is 2.45 bits per heavy atom. The summed E-state index contributed by atoms with van der Waals surface area (Å²) in [7, 11) is 0.213. The summed E-state index contributed by atoms with van der Waals surface area (Å²) in [6.45, 7) is 3.20. The molecule has 0 bridgehead atoms. The molecule has 1 aromatic carbocycles. The average molecular weight is 430 g/mol. The van der Waals surface area contributed by atoms with Gasteiger partial charge in [-0.1, -0.05) is 44.4 Å². The number of halogens is 1. The quantitative estimate of drug-likeness (QED) is 0.207. The van der Waals surface area contributed by atoms with Crippen molar-refractivity contribution in [3.8, 4) is 5.75 Å². The zero-order chi connectivity index (χ0) is 15.6. The summed E-state index contributed by atoms with van der Waals surface area (Å²) >= 11 is 2.58. The number of ether oxygens (including phenoxy) is 1. The fourth-order valence-corrected chi connectivity index (χ4v) is 5.75. The molecular formula is C19H31IOSi. The Morgan fingerprint density at radius 1 is 1.09 bits per heavy atom. The van der Waals surface area contributed by atoms with E-state index in [9.17, 15) is 0 Å². The molecule has 1 fully saturated rings. The standard InChI is InChI=1S/C19H31IOSi/c1-2-5-16-6-8-17(9-7-16)18-10-12-19(13-11-18)21-14-3-4-15-22-20/h10-13,16-17H,2-9,14-15,22H2,1H3. The van der Waals surface area contributed by atoms with Crippen LogP contribution in [0.2, 0.25) is 6.04 Å². The van der Waals surface area contributed by atoms with E-state index in [4.69, 9.17) is 4.74 Å². The van der Waals surface area contributed by atoms with Crippen molar-refractivity contribution in [1.29, 1.82) is 0 Å². The first kappa shape index (κ1) is 18.3. The molecule has 0 radical (unpaired) electrons. The number of hydrogen-bond acceptors (Lipinski definition) is 1. The second-order valence-corrected chi connectivity index (χ2v) is 11.0. The van der Waals surface area contributed by atoms with Crippen molar-refractivity contribution in [3.63, 3.8) is 0 Å². The SMILES string of the molecule is CCCC1CCC(c2ccc(OCCCC[SiH2]I)cc2)CC1. The predicted molar refractivity (Wildman–Crippen MR) is 108 cm³/mol. The maximum Gasteiger partial charge on any atom is 0.119 e. The number of benzene rings is 1. The molecule has 1 aromatic rings. The lowest BCUT2D eigenvalue weighted by Crippen LogP contribution is -2.13. The topological polar surface area (TPSA) is 9.23 Å². The summed E-state index contributed by atoms with van der Waals surface area (Å²) in [5.41, 5.74) is 1.53. The first-order chi connectivity index (χ1) is 10.8. The van der Waals surface area contributed by atoms with Crippen LogP contribution in [0.3, 0.4) is 0 Å². The second kappa shape index (κ2) is 10.7. The lowest BCUT2D eigenvalue weighted by atomic mass is 9.77. The highest BCUT2D eigenvalue weighted by atomic mass is 127. The second-order valence-electron chi connectivity index (χ2n) is 6.67. The van der Waals surface area contributed by atoms with Crippen molar-refractivity contribution in [2.24, 2.45) is 5.92 Å². The van der Waals surface area contributed by atoms with Gasteiger partial charge in [0.05, 0.1) is 13.6 Å². The van der Waals surface area contributed by atoms with Crippen molar-refractivity contribution in [2.75, 3.05) is 6.61 Å². The summed E-state index contributed by atoms with van der Waals surface area (Å²) in [6.07, 6.45) is 10.9. The molecule has 1 aliphatic carbocycles. The Morgan fingerprint density at radius 2 is 1.82 bits per heavy atom. The molecular weight excluding hydrogens is 399 g/mol. The van der Waals surface area contributed by atoms with Crippen LogP contribution in [-0.2, 0) is 0 Å². The highest BCUT2D eigenvalue weighted by molar-refractivity contribution is 14.1. The minimum absolute atomic E-state index is 0.213. The summed E-state index contributed by atoms with van der Waals surface area (Å²) in [6, 6.07) is 10.4. The molecule has 0 aliphatic heterocycles. The number of hydrogen-bond donors (Lipinski definition) is 0. The molecule has 3 heteroatoms. The van der Waals surface area contributed by atoms with Gasteiger partial charge in [-0.05, 0) is 61.6 Å². The lowest BCUT2D eigenvalue weighted by Gasteiger charge is -2.28. The van der Waals surface area contributed by atoms with Gasteiger partial charge in [-0.15, -0.1) is 21.8 Å². The van der Waals surface area contributed by atoms with Crippen LogP contribution in [0.15, 0.2) is 24.3 Å². The maximum atomic E-state index is 5.86. The Labute approximate surface area is 151 Å². The third-order valence-corrected chi connectivity index (χ3v) is 8.00. The molecule has 1 saturated carbocycles. The summed E-state index contributed by atoms with van der Waals surface area (Å²) in [4.78, 5) is 0. The van der Waals surface area contributed by atoms with Crippen LogP contribution in [0.25, 0.3) is 0 Å². The van der Waals surface area contributed by atoms with E-state index in [0.717, 1.165) is 24.2 Å². The van der Waals surface area contributed by atoms with E-state index in [2.05, 4.69) is 53.0 Å². The molecule has 1 aliphatic rings. The molecule has 0 N–H and O–H groups in total. The molecule has 0 saturated heterocycles. The average Bonchev–Trinajstić information content (AvgIpc) is 2.56. The van der Waals surface area contributed by atoms with Crippen molar-refractivity contribution in [1.82, 2.24) is 0 Å². The van der Waals surface area contributed by atoms with Crippen LogP contribution >= 0.6 is 21.8 Å². The minimum atomic E-state index is 0.213. The van der Waals surface area contributed by atoms with E-state index >= 15 is 0 Å². The monoisotopic (exact) mass is 430 g/mol. The van der Waals surface area contributed by atoms with Gasteiger partial charge in [0.15, 0.2) is 0 Å². The normalized spacial score (nSPS) is 22.3. The Bertz CT molecular complexity index is 398. The maximum absolute atomic E-state index is 5.86. The number of unbranched alkanes of at least 4 members (excludes halogenated alkanes) is 1. The molecule has 22 heavy (non-hydrogen) atoms. The van der Waals surface area contributed by atoms with E-state index in [-0.39, 0.29) is 7.02 Å². The highest BCUT2D eigenvalue weighted by Crippen LogP contribution is 2.37. The van der Waals surface area contributed by atoms with Crippen molar-refractivity contribution in [2.45, 2.75) is 70.3 Å². The molecule has 0 spiro atoms. The fraction of sp³-hybridized carbons (Fsp3) is 0.684. The summed E-state index contributed by atoms with van der Waals surface area (Å²) in [5.74, 6) is 2.83. The fourth-order valence-electron chi connectivity index (χ4n) is 3.59. The molecule has 2 rings (SSSR count). The van der Waals surface area contributed by atoms with Crippen LogP contribution in [0.1, 0.15) is 69.8 Å². The molecule has 0 aromatic heterocycles. The van der Waals surface area contributed by atoms with Gasteiger partial charge in [-0.25, -0.2) is 0 Å². The van der Waals surface area contributed by atoms with Gasteiger partial charge in [-0.3, -0.25) is 0 Å². The molecule has 1 nitrogen and oxygen atoms in total. The Balaban J connectivity index is 1.72. The van der Waals surface area contributed by atoms with E-state index in [1.54, 1.807) is 0 Å². The molecule has 0 unspecified atom stereocenters. The predicted octanol–water partition coefficient (Wildman–Crippen LogP) is 5.86.